The zero-order chi connectivity index (χ0) is 6.81. The highest BCUT2D eigenvalue weighted by Gasteiger charge is 2.08. The van der Waals surface area contributed by atoms with Crippen LogP contribution in [0.25, 0.3) is 0 Å². The van der Waals surface area contributed by atoms with Gasteiger partial charge >= 0.3 is 0 Å². The zero-order valence-electron chi connectivity index (χ0n) is 5.75. The summed E-state index contributed by atoms with van der Waals surface area (Å²) in [5, 5.41) is 0. The Balaban J connectivity index is 2.11. The van der Waals surface area contributed by atoms with Crippen molar-refractivity contribution in [3.8, 4) is 0 Å². The SMILES string of the molecule is [B]1C=C1Cc1ccccc1. The number of allylic oxidation sites excluding steroid dienone is 1. The molecule has 0 fully saturated rings. The van der Waals surface area contributed by atoms with Crippen molar-refractivity contribution < 1.29 is 0 Å². The lowest BCUT2D eigenvalue weighted by Crippen LogP contribution is -1.81. The first-order valence-electron chi connectivity index (χ1n) is 3.53. The summed E-state index contributed by atoms with van der Waals surface area (Å²) in [5.41, 5.74) is 2.87. The fourth-order valence-electron chi connectivity index (χ4n) is 1.01. The molecule has 0 unspecified atom stereocenters. The summed E-state index contributed by atoms with van der Waals surface area (Å²) in [6.45, 7) is 0. The van der Waals surface area contributed by atoms with E-state index in [4.69, 9.17) is 0 Å². The molecule has 1 aliphatic rings. The molecule has 1 radical (unpaired) electrons. The van der Waals surface area contributed by atoms with Crippen LogP contribution in [0, 0.1) is 0 Å². The van der Waals surface area contributed by atoms with Gasteiger partial charge in [-0.1, -0.05) is 30.3 Å². The van der Waals surface area contributed by atoms with E-state index >= 15 is 0 Å². The Morgan fingerprint density at radius 1 is 1.10 bits per heavy atom. The monoisotopic (exact) mass is 127 g/mol. The summed E-state index contributed by atoms with van der Waals surface area (Å²) in [4.78, 5) is 0. The van der Waals surface area contributed by atoms with Crippen molar-refractivity contribution in [1.29, 1.82) is 0 Å². The minimum absolute atomic E-state index is 1.11. The maximum absolute atomic E-state index is 2.16. The van der Waals surface area contributed by atoms with E-state index in [-0.39, 0.29) is 0 Å². The first kappa shape index (κ1) is 5.78. The molecule has 0 atom stereocenters. The molecule has 0 spiro atoms. The highest BCUT2D eigenvalue weighted by atomic mass is 14.0. The molecule has 0 aliphatic carbocycles. The van der Waals surface area contributed by atoms with Crippen molar-refractivity contribution in [3.05, 3.63) is 47.3 Å². The van der Waals surface area contributed by atoms with Crippen molar-refractivity contribution in [2.45, 2.75) is 6.42 Å². The Morgan fingerprint density at radius 3 is 2.40 bits per heavy atom. The first-order valence-corrected chi connectivity index (χ1v) is 3.53. The van der Waals surface area contributed by atoms with Crippen molar-refractivity contribution in [3.63, 3.8) is 0 Å². The highest BCUT2D eigenvalue weighted by molar-refractivity contribution is 6.63. The molecule has 0 amide bonds. The van der Waals surface area contributed by atoms with Crippen molar-refractivity contribution >= 4 is 7.28 Å². The smallest absolute Gasteiger partial charge is 0.126 e. The maximum atomic E-state index is 2.16. The van der Waals surface area contributed by atoms with E-state index in [2.05, 4.69) is 43.6 Å². The predicted molar refractivity (Wildman–Crippen MR) is 44.0 cm³/mol. The second-order valence-corrected chi connectivity index (χ2v) is 2.57. The summed E-state index contributed by atoms with van der Waals surface area (Å²) >= 11 is 0. The van der Waals surface area contributed by atoms with Gasteiger partial charge in [0.2, 0.25) is 0 Å². The average Bonchev–Trinajstić information content (AvgIpc) is 2.74. The molecule has 0 saturated carbocycles. The lowest BCUT2D eigenvalue weighted by molar-refractivity contribution is 1.26. The molecule has 1 aromatic carbocycles. The minimum Gasteiger partial charge on any atom is -0.126 e. The van der Waals surface area contributed by atoms with Gasteiger partial charge in [-0.25, -0.2) is 0 Å². The van der Waals surface area contributed by atoms with E-state index in [1.165, 1.54) is 11.0 Å². The molecule has 10 heavy (non-hydrogen) atoms. The summed E-state index contributed by atoms with van der Waals surface area (Å²) in [6, 6.07) is 10.5. The third kappa shape index (κ3) is 1.30. The van der Waals surface area contributed by atoms with Crippen LogP contribution in [0.15, 0.2) is 41.8 Å². The van der Waals surface area contributed by atoms with Gasteiger partial charge in [0.25, 0.3) is 0 Å². The van der Waals surface area contributed by atoms with Crippen molar-refractivity contribution in [2.75, 3.05) is 0 Å². The van der Waals surface area contributed by atoms with Crippen LogP contribution >= 0.6 is 0 Å². The molecular formula is C9H8B. The molecule has 0 saturated heterocycles. The standard InChI is InChI=1S/C9H8B/c1-2-4-8(5-3-1)6-9-7-10-9/h1-5,7H,6H2. The van der Waals surface area contributed by atoms with Crippen LogP contribution in [-0.2, 0) is 6.42 Å². The first-order chi connectivity index (χ1) is 4.95. The van der Waals surface area contributed by atoms with Gasteiger partial charge in [-0.3, -0.25) is 0 Å². The molecule has 0 aromatic heterocycles. The van der Waals surface area contributed by atoms with Crippen molar-refractivity contribution in [2.24, 2.45) is 0 Å². The molecule has 1 aromatic rings. The van der Waals surface area contributed by atoms with Gasteiger partial charge < -0.3 is 0 Å². The van der Waals surface area contributed by atoms with E-state index in [9.17, 15) is 0 Å². The highest BCUT2D eigenvalue weighted by Crippen LogP contribution is 2.13. The van der Waals surface area contributed by atoms with Crippen LogP contribution in [0.4, 0.5) is 0 Å². The van der Waals surface area contributed by atoms with Gasteiger partial charge in [0, 0.05) is 0 Å². The predicted octanol–water partition coefficient (Wildman–Crippen LogP) is 1.79. The van der Waals surface area contributed by atoms with E-state index in [0.717, 1.165) is 6.42 Å². The molecule has 0 N–H and O–H groups in total. The van der Waals surface area contributed by atoms with Crippen LogP contribution in [-0.4, -0.2) is 7.28 Å². The van der Waals surface area contributed by atoms with Crippen LogP contribution in [0.2, 0.25) is 0 Å². The molecule has 1 heteroatoms. The third-order valence-corrected chi connectivity index (χ3v) is 1.65. The number of hydrogen-bond acceptors (Lipinski definition) is 0. The molecule has 2 rings (SSSR count). The van der Waals surface area contributed by atoms with Gasteiger partial charge in [-0.15, -0.1) is 11.4 Å². The quantitative estimate of drug-likeness (QED) is 0.531. The van der Waals surface area contributed by atoms with Gasteiger partial charge in [0.05, 0.1) is 0 Å². The van der Waals surface area contributed by atoms with E-state index < -0.39 is 0 Å². The Hall–Kier alpha value is -0.975. The van der Waals surface area contributed by atoms with Crippen LogP contribution in [0.5, 0.6) is 0 Å². The molecular weight excluding hydrogens is 119 g/mol. The summed E-state index contributed by atoms with van der Waals surface area (Å²) < 4.78 is 0. The summed E-state index contributed by atoms with van der Waals surface area (Å²) in [6.07, 6.45) is 1.11. The third-order valence-electron chi connectivity index (χ3n) is 1.65. The number of rotatable bonds is 2. The number of benzene rings is 1. The fraction of sp³-hybridized carbons (Fsp3) is 0.111. The second-order valence-electron chi connectivity index (χ2n) is 2.57. The van der Waals surface area contributed by atoms with Crippen LogP contribution < -0.4 is 0 Å². The normalized spacial score (nSPS) is 13.8. The fourth-order valence-corrected chi connectivity index (χ4v) is 1.01. The van der Waals surface area contributed by atoms with Crippen molar-refractivity contribution in [1.82, 2.24) is 0 Å². The zero-order valence-corrected chi connectivity index (χ0v) is 5.75. The molecule has 47 valence electrons. The lowest BCUT2D eigenvalue weighted by Gasteiger charge is -1.93. The van der Waals surface area contributed by atoms with Gasteiger partial charge in [-0.2, -0.15) is 0 Å². The Bertz CT molecular complexity index is 249. The second kappa shape index (κ2) is 2.33. The van der Waals surface area contributed by atoms with Gasteiger partial charge in [0.1, 0.15) is 0 Å². The van der Waals surface area contributed by atoms with Gasteiger partial charge in [0.15, 0.2) is 7.28 Å². The van der Waals surface area contributed by atoms with E-state index in [0.29, 0.717) is 0 Å². The number of hydrogen-bond donors (Lipinski definition) is 0. The Morgan fingerprint density at radius 2 is 1.80 bits per heavy atom. The Labute approximate surface area is 61.8 Å². The van der Waals surface area contributed by atoms with Crippen LogP contribution in [0.1, 0.15) is 5.56 Å². The Kier molecular flexibility index (Phi) is 1.35. The molecule has 1 heterocycles. The molecule has 0 nitrogen and oxygen atoms in total. The van der Waals surface area contributed by atoms with E-state index in [1.54, 1.807) is 0 Å². The summed E-state index contributed by atoms with van der Waals surface area (Å²) in [7, 11) is 2.16. The topological polar surface area (TPSA) is 0 Å². The van der Waals surface area contributed by atoms with Crippen LogP contribution in [0.3, 0.4) is 0 Å². The largest absolute Gasteiger partial charge is 0.173 e. The average molecular weight is 127 g/mol. The molecule has 0 bridgehead atoms. The lowest BCUT2D eigenvalue weighted by atomic mass is 9.93. The minimum atomic E-state index is 1.11. The summed E-state index contributed by atoms with van der Waals surface area (Å²) in [5.74, 6) is 2.16. The maximum Gasteiger partial charge on any atom is 0.173 e. The van der Waals surface area contributed by atoms with E-state index in [1.807, 2.05) is 0 Å². The molecule has 1 aliphatic heterocycles. The van der Waals surface area contributed by atoms with Gasteiger partial charge in [-0.05, 0) is 12.0 Å².